The van der Waals surface area contributed by atoms with Gasteiger partial charge in [-0.25, -0.2) is 0 Å². The van der Waals surface area contributed by atoms with Crippen molar-refractivity contribution in [3.63, 3.8) is 0 Å². The molecule has 0 radical (unpaired) electrons. The normalized spacial score (nSPS) is 16.4. The van der Waals surface area contributed by atoms with E-state index in [1.165, 1.54) is 0 Å². The molecule has 3 heteroatoms. The Morgan fingerprint density at radius 2 is 2.40 bits per heavy atom. The molecular weight excluding hydrogens is 126 g/mol. The molecule has 0 unspecified atom stereocenters. The van der Waals surface area contributed by atoms with Crippen molar-refractivity contribution in [3.8, 4) is 0 Å². The lowest BCUT2D eigenvalue weighted by molar-refractivity contribution is 0.752. The standard InChI is InChI=1S/C7H9N3/c1-2-4-7-9-8-6-10(7)5-3-1/h1,3,6H,2,4-5H2. The highest BCUT2D eigenvalue weighted by Crippen LogP contribution is 2.04. The number of aromatic nitrogens is 3. The summed E-state index contributed by atoms with van der Waals surface area (Å²) in [6.45, 7) is 0.933. The third kappa shape index (κ3) is 0.835. The van der Waals surface area contributed by atoms with Crippen LogP contribution in [0.1, 0.15) is 12.2 Å². The summed E-state index contributed by atoms with van der Waals surface area (Å²) in [5.74, 6) is 1.10. The minimum absolute atomic E-state index is 0.933. The summed E-state index contributed by atoms with van der Waals surface area (Å²) in [6, 6.07) is 0. The van der Waals surface area contributed by atoms with E-state index >= 15 is 0 Å². The zero-order chi connectivity index (χ0) is 6.81. The van der Waals surface area contributed by atoms with E-state index in [0.29, 0.717) is 0 Å². The molecule has 0 spiro atoms. The molecule has 0 atom stereocenters. The van der Waals surface area contributed by atoms with Gasteiger partial charge < -0.3 is 4.57 Å². The van der Waals surface area contributed by atoms with Crippen LogP contribution in [0.25, 0.3) is 0 Å². The van der Waals surface area contributed by atoms with E-state index in [-0.39, 0.29) is 0 Å². The topological polar surface area (TPSA) is 30.7 Å². The SMILES string of the molecule is C1=CCn2cnnc2CC1. The van der Waals surface area contributed by atoms with Crippen LogP contribution in [0, 0.1) is 0 Å². The van der Waals surface area contributed by atoms with Gasteiger partial charge in [0.2, 0.25) is 0 Å². The van der Waals surface area contributed by atoms with Crippen LogP contribution < -0.4 is 0 Å². The van der Waals surface area contributed by atoms with Crippen LogP contribution in [0.2, 0.25) is 0 Å². The molecule has 1 aliphatic rings. The Hall–Kier alpha value is -1.12. The first-order valence-electron chi connectivity index (χ1n) is 3.48. The van der Waals surface area contributed by atoms with Gasteiger partial charge in [-0.1, -0.05) is 12.2 Å². The van der Waals surface area contributed by atoms with Crippen LogP contribution in [0.5, 0.6) is 0 Å². The summed E-state index contributed by atoms with van der Waals surface area (Å²) in [6.07, 6.45) is 8.24. The summed E-state index contributed by atoms with van der Waals surface area (Å²) in [5, 5.41) is 7.81. The number of rotatable bonds is 0. The first-order valence-corrected chi connectivity index (χ1v) is 3.48. The number of hydrogen-bond donors (Lipinski definition) is 0. The maximum absolute atomic E-state index is 3.99. The lowest BCUT2D eigenvalue weighted by Gasteiger charge is -1.96. The van der Waals surface area contributed by atoms with E-state index < -0.39 is 0 Å². The number of hydrogen-bond acceptors (Lipinski definition) is 2. The largest absolute Gasteiger partial charge is 0.314 e. The van der Waals surface area contributed by atoms with Crippen LogP contribution in [-0.4, -0.2) is 14.8 Å². The molecule has 0 fully saturated rings. The molecule has 0 aliphatic carbocycles. The molecule has 0 amide bonds. The Bertz CT molecular complexity index is 249. The third-order valence-electron chi connectivity index (χ3n) is 1.70. The number of fused-ring (bicyclic) bond motifs is 1. The summed E-state index contributed by atoms with van der Waals surface area (Å²) in [7, 11) is 0. The second kappa shape index (κ2) is 2.25. The van der Waals surface area contributed by atoms with Crippen LogP contribution in [-0.2, 0) is 13.0 Å². The van der Waals surface area contributed by atoms with Gasteiger partial charge >= 0.3 is 0 Å². The molecule has 2 rings (SSSR count). The van der Waals surface area contributed by atoms with Gasteiger partial charge in [0.1, 0.15) is 12.2 Å². The van der Waals surface area contributed by atoms with E-state index in [2.05, 4.69) is 26.9 Å². The molecule has 0 N–H and O–H groups in total. The van der Waals surface area contributed by atoms with Crippen molar-refractivity contribution in [1.82, 2.24) is 14.8 Å². The second-order valence-corrected chi connectivity index (χ2v) is 2.41. The smallest absolute Gasteiger partial charge is 0.133 e. The van der Waals surface area contributed by atoms with Gasteiger partial charge in [0, 0.05) is 13.0 Å². The molecule has 1 aromatic heterocycles. The minimum Gasteiger partial charge on any atom is -0.314 e. The fourth-order valence-electron chi connectivity index (χ4n) is 1.14. The molecule has 0 saturated heterocycles. The average Bonchev–Trinajstić information content (AvgIpc) is 2.28. The predicted octanol–water partition coefficient (Wildman–Crippen LogP) is 0.780. The van der Waals surface area contributed by atoms with E-state index in [4.69, 9.17) is 0 Å². The molecule has 0 aromatic carbocycles. The van der Waals surface area contributed by atoms with Crippen molar-refractivity contribution in [2.24, 2.45) is 0 Å². The fraction of sp³-hybridized carbons (Fsp3) is 0.429. The van der Waals surface area contributed by atoms with Gasteiger partial charge in [0.15, 0.2) is 0 Å². The van der Waals surface area contributed by atoms with Crippen molar-refractivity contribution < 1.29 is 0 Å². The molecule has 2 heterocycles. The molecule has 0 saturated carbocycles. The second-order valence-electron chi connectivity index (χ2n) is 2.41. The van der Waals surface area contributed by atoms with Crippen LogP contribution >= 0.6 is 0 Å². The maximum Gasteiger partial charge on any atom is 0.133 e. The zero-order valence-corrected chi connectivity index (χ0v) is 5.70. The van der Waals surface area contributed by atoms with Gasteiger partial charge in [-0.05, 0) is 6.42 Å². The van der Waals surface area contributed by atoms with Gasteiger partial charge in [-0.15, -0.1) is 10.2 Å². The van der Waals surface area contributed by atoms with E-state index in [1.807, 2.05) is 0 Å². The average molecular weight is 135 g/mol. The Morgan fingerprint density at radius 1 is 1.40 bits per heavy atom. The minimum atomic E-state index is 0.933. The summed E-state index contributed by atoms with van der Waals surface area (Å²) >= 11 is 0. The van der Waals surface area contributed by atoms with Gasteiger partial charge in [0.25, 0.3) is 0 Å². The Labute approximate surface area is 59.4 Å². The number of aryl methyl sites for hydroxylation is 1. The zero-order valence-electron chi connectivity index (χ0n) is 5.70. The Kier molecular flexibility index (Phi) is 1.27. The first-order chi connectivity index (χ1) is 4.97. The summed E-state index contributed by atoms with van der Waals surface area (Å²) < 4.78 is 2.07. The van der Waals surface area contributed by atoms with Crippen molar-refractivity contribution in [3.05, 3.63) is 24.3 Å². The Balaban J connectivity index is 2.37. The van der Waals surface area contributed by atoms with Gasteiger partial charge in [-0.3, -0.25) is 0 Å². The van der Waals surface area contributed by atoms with Crippen LogP contribution in [0.3, 0.4) is 0 Å². The van der Waals surface area contributed by atoms with E-state index in [0.717, 1.165) is 25.2 Å². The molecule has 1 aliphatic heterocycles. The Morgan fingerprint density at radius 3 is 3.40 bits per heavy atom. The molecular formula is C7H9N3. The number of allylic oxidation sites excluding steroid dienone is 2. The number of nitrogens with zero attached hydrogens (tertiary/aromatic N) is 3. The lowest BCUT2D eigenvalue weighted by Crippen LogP contribution is -1.98. The van der Waals surface area contributed by atoms with Crippen molar-refractivity contribution in [2.75, 3.05) is 0 Å². The highest BCUT2D eigenvalue weighted by Gasteiger charge is 2.03. The predicted molar refractivity (Wildman–Crippen MR) is 37.5 cm³/mol. The molecule has 10 heavy (non-hydrogen) atoms. The van der Waals surface area contributed by atoms with Crippen molar-refractivity contribution >= 4 is 0 Å². The lowest BCUT2D eigenvalue weighted by atomic mass is 10.3. The monoisotopic (exact) mass is 135 g/mol. The third-order valence-corrected chi connectivity index (χ3v) is 1.70. The van der Waals surface area contributed by atoms with Crippen molar-refractivity contribution in [1.29, 1.82) is 0 Å². The van der Waals surface area contributed by atoms with Crippen LogP contribution in [0.15, 0.2) is 18.5 Å². The van der Waals surface area contributed by atoms with E-state index in [9.17, 15) is 0 Å². The van der Waals surface area contributed by atoms with E-state index in [1.54, 1.807) is 6.33 Å². The van der Waals surface area contributed by atoms with Crippen LogP contribution in [0.4, 0.5) is 0 Å². The molecule has 3 nitrogen and oxygen atoms in total. The molecule has 52 valence electrons. The van der Waals surface area contributed by atoms with Gasteiger partial charge in [-0.2, -0.15) is 0 Å². The first kappa shape index (κ1) is 5.65. The highest BCUT2D eigenvalue weighted by molar-refractivity contribution is 4.97. The summed E-state index contributed by atoms with van der Waals surface area (Å²) in [4.78, 5) is 0. The highest BCUT2D eigenvalue weighted by atomic mass is 15.3. The molecule has 0 bridgehead atoms. The quantitative estimate of drug-likeness (QED) is 0.492. The maximum atomic E-state index is 3.99. The van der Waals surface area contributed by atoms with Crippen molar-refractivity contribution in [2.45, 2.75) is 19.4 Å². The fourth-order valence-corrected chi connectivity index (χ4v) is 1.14. The van der Waals surface area contributed by atoms with Gasteiger partial charge in [0.05, 0.1) is 0 Å². The molecule has 1 aromatic rings. The summed E-state index contributed by atoms with van der Waals surface area (Å²) in [5.41, 5.74) is 0.